The monoisotopic (exact) mass is 364 g/mol. The van der Waals surface area contributed by atoms with Gasteiger partial charge in [0.1, 0.15) is 0 Å². The first kappa shape index (κ1) is 13.8. The van der Waals surface area contributed by atoms with Crippen molar-refractivity contribution in [2.75, 3.05) is 0 Å². The minimum absolute atomic E-state index is 0.777. The molecule has 0 fully saturated rings. The van der Waals surface area contributed by atoms with Crippen molar-refractivity contribution in [1.82, 2.24) is 9.55 Å². The molecule has 5 heteroatoms. The molecule has 1 N–H and O–H groups in total. The molecular formula is C15H13BrN2S2. The highest BCUT2D eigenvalue weighted by molar-refractivity contribution is 9.11. The first-order valence-corrected chi connectivity index (χ1v) is 8.33. The van der Waals surface area contributed by atoms with E-state index in [4.69, 9.17) is 12.2 Å². The number of aromatic amines is 1. The van der Waals surface area contributed by atoms with Crippen LogP contribution in [0.25, 0.3) is 11.3 Å². The maximum Gasteiger partial charge on any atom is 0.177 e. The smallest absolute Gasteiger partial charge is 0.177 e. The summed E-state index contributed by atoms with van der Waals surface area (Å²) < 4.78 is 4.12. The van der Waals surface area contributed by atoms with Crippen molar-refractivity contribution in [2.24, 2.45) is 0 Å². The molecule has 2 heterocycles. The molecule has 0 aliphatic carbocycles. The molecule has 0 aliphatic rings. The number of aryl methyl sites for hydroxylation is 1. The lowest BCUT2D eigenvalue weighted by atomic mass is 10.1. The van der Waals surface area contributed by atoms with Gasteiger partial charge in [-0.1, -0.05) is 30.3 Å². The lowest BCUT2D eigenvalue weighted by Crippen LogP contribution is -2.02. The van der Waals surface area contributed by atoms with E-state index in [-0.39, 0.29) is 0 Å². The zero-order chi connectivity index (χ0) is 13.9. The predicted octanol–water partition coefficient (Wildman–Crippen LogP) is 5.28. The van der Waals surface area contributed by atoms with Gasteiger partial charge in [-0.2, -0.15) is 0 Å². The molecule has 3 aromatic rings. The van der Waals surface area contributed by atoms with Crippen molar-refractivity contribution in [2.45, 2.75) is 13.0 Å². The number of imidazole rings is 1. The Morgan fingerprint density at radius 1 is 1.15 bits per heavy atom. The van der Waals surface area contributed by atoms with Crippen LogP contribution in [0.2, 0.25) is 0 Å². The van der Waals surface area contributed by atoms with Crippen molar-refractivity contribution in [1.29, 1.82) is 0 Å². The van der Waals surface area contributed by atoms with Gasteiger partial charge in [-0.3, -0.25) is 0 Å². The van der Waals surface area contributed by atoms with E-state index in [1.807, 2.05) is 24.4 Å². The van der Waals surface area contributed by atoms with E-state index < -0.39 is 0 Å². The van der Waals surface area contributed by atoms with Gasteiger partial charge in [-0.15, -0.1) is 11.3 Å². The van der Waals surface area contributed by atoms with Gasteiger partial charge in [0.2, 0.25) is 0 Å². The minimum Gasteiger partial charge on any atom is -0.337 e. The number of H-pyrrole nitrogens is 1. The van der Waals surface area contributed by atoms with Crippen molar-refractivity contribution in [3.05, 3.63) is 62.1 Å². The second kappa shape index (κ2) is 6.08. The van der Waals surface area contributed by atoms with Gasteiger partial charge in [0.25, 0.3) is 0 Å². The molecule has 0 atom stereocenters. The van der Waals surface area contributed by atoms with E-state index in [2.05, 4.69) is 49.7 Å². The molecule has 0 saturated carbocycles. The molecule has 3 rings (SSSR count). The maximum absolute atomic E-state index is 5.39. The third kappa shape index (κ3) is 2.95. The van der Waals surface area contributed by atoms with Crippen molar-refractivity contribution < 1.29 is 0 Å². The SMILES string of the molecule is S=c1[nH]cc(-c2ccccc2)n1CCc1ccc(Br)s1. The zero-order valence-electron chi connectivity index (χ0n) is 10.7. The zero-order valence-corrected chi connectivity index (χ0v) is 13.9. The van der Waals surface area contributed by atoms with Gasteiger partial charge >= 0.3 is 0 Å². The third-order valence-electron chi connectivity index (χ3n) is 3.15. The normalized spacial score (nSPS) is 10.8. The number of nitrogens with zero attached hydrogens (tertiary/aromatic N) is 1. The summed E-state index contributed by atoms with van der Waals surface area (Å²) in [6, 6.07) is 14.6. The minimum atomic E-state index is 0.777. The van der Waals surface area contributed by atoms with Crippen LogP contribution < -0.4 is 0 Å². The van der Waals surface area contributed by atoms with Crippen LogP contribution in [0.4, 0.5) is 0 Å². The number of halogens is 1. The van der Waals surface area contributed by atoms with E-state index in [0.29, 0.717) is 0 Å². The van der Waals surface area contributed by atoms with E-state index in [9.17, 15) is 0 Å². The summed E-state index contributed by atoms with van der Waals surface area (Å²) in [5.74, 6) is 0. The summed E-state index contributed by atoms with van der Waals surface area (Å²) in [5.41, 5.74) is 2.33. The first-order valence-electron chi connectivity index (χ1n) is 6.32. The highest BCUT2D eigenvalue weighted by Crippen LogP contribution is 2.24. The van der Waals surface area contributed by atoms with E-state index in [0.717, 1.165) is 23.4 Å². The maximum atomic E-state index is 5.39. The highest BCUT2D eigenvalue weighted by atomic mass is 79.9. The Bertz CT molecular complexity index is 756. The first-order chi connectivity index (χ1) is 9.74. The Balaban J connectivity index is 1.86. The van der Waals surface area contributed by atoms with E-state index in [1.165, 1.54) is 14.2 Å². The van der Waals surface area contributed by atoms with Crippen LogP contribution >= 0.6 is 39.5 Å². The fraction of sp³-hybridized carbons (Fsp3) is 0.133. The largest absolute Gasteiger partial charge is 0.337 e. The van der Waals surface area contributed by atoms with Crippen molar-refractivity contribution in [3.8, 4) is 11.3 Å². The second-order valence-corrected chi connectivity index (χ2v) is 7.39. The molecule has 0 spiro atoms. The molecule has 0 saturated heterocycles. The summed E-state index contributed by atoms with van der Waals surface area (Å²) in [4.78, 5) is 4.51. The van der Waals surface area contributed by atoms with E-state index in [1.54, 1.807) is 11.3 Å². The molecule has 1 aromatic carbocycles. The molecule has 20 heavy (non-hydrogen) atoms. The molecule has 0 aliphatic heterocycles. The summed E-state index contributed by atoms with van der Waals surface area (Å²) in [5, 5.41) is 0. The number of thiophene rings is 1. The lowest BCUT2D eigenvalue weighted by molar-refractivity contribution is 0.698. The Morgan fingerprint density at radius 2 is 1.95 bits per heavy atom. The second-order valence-electron chi connectivity index (χ2n) is 4.45. The Labute approximate surface area is 135 Å². The fourth-order valence-electron chi connectivity index (χ4n) is 2.17. The lowest BCUT2D eigenvalue weighted by Gasteiger charge is -2.07. The molecular weight excluding hydrogens is 352 g/mol. The number of aromatic nitrogens is 2. The molecule has 102 valence electrons. The average Bonchev–Trinajstić information content (AvgIpc) is 3.04. The summed E-state index contributed by atoms with van der Waals surface area (Å²) in [6.45, 7) is 0.888. The van der Waals surface area contributed by atoms with Crippen LogP contribution in [0.5, 0.6) is 0 Å². The Morgan fingerprint density at radius 3 is 2.65 bits per heavy atom. The Kier molecular flexibility index (Phi) is 4.19. The van der Waals surface area contributed by atoms with Crippen molar-refractivity contribution >= 4 is 39.5 Å². The van der Waals surface area contributed by atoms with Crippen LogP contribution in [-0.2, 0) is 13.0 Å². The van der Waals surface area contributed by atoms with Crippen molar-refractivity contribution in [3.63, 3.8) is 0 Å². The summed E-state index contributed by atoms with van der Waals surface area (Å²) in [6.07, 6.45) is 2.98. The molecule has 0 unspecified atom stereocenters. The van der Waals surface area contributed by atoms with Gasteiger partial charge in [0, 0.05) is 17.6 Å². The van der Waals surface area contributed by atoms with Gasteiger partial charge in [-0.05, 0) is 52.3 Å². The van der Waals surface area contributed by atoms with Crippen LogP contribution in [0, 0.1) is 4.77 Å². The van der Waals surface area contributed by atoms with E-state index >= 15 is 0 Å². The molecule has 0 amide bonds. The summed E-state index contributed by atoms with van der Waals surface area (Å²) >= 11 is 10.7. The molecule has 2 aromatic heterocycles. The standard InChI is InChI=1S/C15H13BrN2S2/c16-14-7-6-12(20-14)8-9-18-13(10-17-15(18)19)11-4-2-1-3-5-11/h1-7,10H,8-9H2,(H,17,19). The predicted molar refractivity (Wildman–Crippen MR) is 90.8 cm³/mol. The summed E-state index contributed by atoms with van der Waals surface area (Å²) in [7, 11) is 0. The third-order valence-corrected chi connectivity index (χ3v) is 5.17. The molecule has 0 bridgehead atoms. The van der Waals surface area contributed by atoms with Gasteiger partial charge in [-0.25, -0.2) is 0 Å². The van der Waals surface area contributed by atoms with Crippen LogP contribution in [0.15, 0.2) is 52.4 Å². The number of nitrogens with one attached hydrogen (secondary N) is 1. The quantitative estimate of drug-likeness (QED) is 0.624. The molecule has 2 nitrogen and oxygen atoms in total. The van der Waals surface area contributed by atoms with Gasteiger partial charge in [0.15, 0.2) is 4.77 Å². The topological polar surface area (TPSA) is 20.7 Å². The van der Waals surface area contributed by atoms with Gasteiger partial charge < -0.3 is 9.55 Å². The molecule has 0 radical (unpaired) electrons. The average molecular weight is 365 g/mol. The number of benzene rings is 1. The number of hydrogen-bond donors (Lipinski definition) is 1. The van der Waals surface area contributed by atoms with Crippen LogP contribution in [0.1, 0.15) is 4.88 Å². The highest BCUT2D eigenvalue weighted by Gasteiger charge is 2.07. The van der Waals surface area contributed by atoms with Crippen LogP contribution in [-0.4, -0.2) is 9.55 Å². The number of hydrogen-bond acceptors (Lipinski definition) is 2. The Hall–Kier alpha value is -1.17. The van der Waals surface area contributed by atoms with Crippen LogP contribution in [0.3, 0.4) is 0 Å². The number of rotatable bonds is 4. The van der Waals surface area contributed by atoms with Gasteiger partial charge in [0.05, 0.1) is 9.48 Å². The fourth-order valence-corrected chi connectivity index (χ4v) is 3.89.